The number of aliphatic hydroxyl groups excluding tert-OH is 1. The number of aliphatic hydroxyl groups is 1. The Morgan fingerprint density at radius 2 is 2.06 bits per heavy atom. The van der Waals surface area contributed by atoms with Crippen molar-refractivity contribution in [3.63, 3.8) is 0 Å². The summed E-state index contributed by atoms with van der Waals surface area (Å²) < 4.78 is 0. The van der Waals surface area contributed by atoms with E-state index in [2.05, 4.69) is 43.9 Å². The maximum absolute atomic E-state index is 8.97. The third kappa shape index (κ3) is 3.72. The van der Waals surface area contributed by atoms with E-state index in [1.807, 2.05) is 0 Å². The van der Waals surface area contributed by atoms with Gasteiger partial charge in [-0.2, -0.15) is 0 Å². The second kappa shape index (κ2) is 6.62. The third-order valence-electron chi connectivity index (χ3n) is 2.95. The molecule has 1 aromatic carbocycles. The molecule has 0 aliphatic heterocycles. The standard InChI is InChI=1S/C14H24N2O/c1-11(2)16(7-4-8-17)14-9-12(3)5-6-13(14)10-15/h5-6,9,11,17H,4,7-8,10,15H2,1-3H3. The molecule has 0 aliphatic carbocycles. The Labute approximate surface area is 104 Å². The van der Waals surface area contributed by atoms with Crippen molar-refractivity contribution in [3.05, 3.63) is 29.3 Å². The molecule has 0 unspecified atom stereocenters. The normalized spacial score (nSPS) is 10.9. The molecule has 0 radical (unpaired) electrons. The van der Waals surface area contributed by atoms with Crippen LogP contribution in [0.25, 0.3) is 0 Å². The largest absolute Gasteiger partial charge is 0.396 e. The van der Waals surface area contributed by atoms with Crippen molar-refractivity contribution in [2.24, 2.45) is 5.73 Å². The van der Waals surface area contributed by atoms with Gasteiger partial charge in [0.05, 0.1) is 0 Å². The fraction of sp³-hybridized carbons (Fsp3) is 0.571. The number of aryl methyl sites for hydroxylation is 1. The van der Waals surface area contributed by atoms with Crippen LogP contribution in [0.2, 0.25) is 0 Å². The van der Waals surface area contributed by atoms with Crippen LogP contribution in [0.1, 0.15) is 31.4 Å². The van der Waals surface area contributed by atoms with Crippen molar-refractivity contribution in [3.8, 4) is 0 Å². The van der Waals surface area contributed by atoms with Gasteiger partial charge >= 0.3 is 0 Å². The molecular weight excluding hydrogens is 212 g/mol. The maximum atomic E-state index is 8.97. The van der Waals surface area contributed by atoms with Gasteiger partial charge in [-0.25, -0.2) is 0 Å². The smallest absolute Gasteiger partial charge is 0.0447 e. The topological polar surface area (TPSA) is 49.5 Å². The molecule has 0 saturated carbocycles. The molecule has 0 fully saturated rings. The maximum Gasteiger partial charge on any atom is 0.0447 e. The molecule has 0 amide bonds. The summed E-state index contributed by atoms with van der Waals surface area (Å²) in [6, 6.07) is 6.78. The van der Waals surface area contributed by atoms with Gasteiger partial charge in [0, 0.05) is 31.4 Å². The van der Waals surface area contributed by atoms with Crippen LogP contribution in [-0.4, -0.2) is 24.3 Å². The molecular formula is C14H24N2O. The van der Waals surface area contributed by atoms with Gasteiger partial charge in [-0.3, -0.25) is 0 Å². The predicted molar refractivity (Wildman–Crippen MR) is 73.3 cm³/mol. The summed E-state index contributed by atoms with van der Waals surface area (Å²) in [5, 5.41) is 8.97. The highest BCUT2D eigenvalue weighted by Crippen LogP contribution is 2.24. The minimum absolute atomic E-state index is 0.229. The first kappa shape index (κ1) is 14.0. The Kier molecular flexibility index (Phi) is 5.45. The number of nitrogens with zero attached hydrogens (tertiary/aromatic N) is 1. The molecule has 0 atom stereocenters. The molecule has 0 heterocycles. The van der Waals surface area contributed by atoms with Crippen molar-refractivity contribution in [2.45, 2.75) is 39.8 Å². The van der Waals surface area contributed by atoms with Crippen molar-refractivity contribution >= 4 is 5.69 Å². The quantitative estimate of drug-likeness (QED) is 0.795. The van der Waals surface area contributed by atoms with Gasteiger partial charge in [0.1, 0.15) is 0 Å². The van der Waals surface area contributed by atoms with Crippen molar-refractivity contribution in [1.82, 2.24) is 0 Å². The fourth-order valence-electron chi connectivity index (χ4n) is 2.01. The minimum Gasteiger partial charge on any atom is -0.396 e. The van der Waals surface area contributed by atoms with Gasteiger partial charge in [0.2, 0.25) is 0 Å². The van der Waals surface area contributed by atoms with E-state index in [1.54, 1.807) is 0 Å². The number of benzene rings is 1. The first-order chi connectivity index (χ1) is 8.10. The van der Waals surface area contributed by atoms with Crippen molar-refractivity contribution < 1.29 is 5.11 Å². The van der Waals surface area contributed by atoms with E-state index in [4.69, 9.17) is 10.8 Å². The summed E-state index contributed by atoms with van der Waals surface area (Å²) in [6.45, 7) is 8.07. The highest BCUT2D eigenvalue weighted by molar-refractivity contribution is 5.56. The van der Waals surface area contributed by atoms with Gasteiger partial charge in [0.15, 0.2) is 0 Å². The molecule has 96 valence electrons. The number of hydrogen-bond acceptors (Lipinski definition) is 3. The third-order valence-corrected chi connectivity index (χ3v) is 2.95. The molecule has 0 aliphatic rings. The highest BCUT2D eigenvalue weighted by Gasteiger charge is 2.13. The average Bonchev–Trinajstić information content (AvgIpc) is 2.29. The highest BCUT2D eigenvalue weighted by atomic mass is 16.3. The lowest BCUT2D eigenvalue weighted by atomic mass is 10.1. The summed E-state index contributed by atoms with van der Waals surface area (Å²) in [6.07, 6.45) is 0.788. The van der Waals surface area contributed by atoms with Crippen LogP contribution in [0, 0.1) is 6.92 Å². The zero-order valence-corrected chi connectivity index (χ0v) is 11.1. The Bertz CT molecular complexity index is 350. The molecule has 0 saturated heterocycles. The van der Waals surface area contributed by atoms with Crippen LogP contribution in [0.5, 0.6) is 0 Å². The summed E-state index contributed by atoms with van der Waals surface area (Å²) in [5.74, 6) is 0. The molecule has 0 spiro atoms. The van der Waals surface area contributed by atoms with Crippen LogP contribution in [0.15, 0.2) is 18.2 Å². The molecule has 1 aromatic rings. The lowest BCUT2D eigenvalue weighted by molar-refractivity contribution is 0.288. The number of nitrogens with two attached hydrogens (primary N) is 1. The molecule has 0 bridgehead atoms. The summed E-state index contributed by atoms with van der Waals surface area (Å²) in [4.78, 5) is 2.31. The average molecular weight is 236 g/mol. The van der Waals surface area contributed by atoms with Gasteiger partial charge in [0.25, 0.3) is 0 Å². The fourth-order valence-corrected chi connectivity index (χ4v) is 2.01. The van der Waals surface area contributed by atoms with Gasteiger partial charge in [-0.1, -0.05) is 12.1 Å². The Balaban J connectivity index is 3.02. The molecule has 1 rings (SSSR count). The second-order valence-electron chi connectivity index (χ2n) is 4.70. The van der Waals surface area contributed by atoms with E-state index in [9.17, 15) is 0 Å². The van der Waals surface area contributed by atoms with Crippen LogP contribution >= 0.6 is 0 Å². The van der Waals surface area contributed by atoms with Crippen LogP contribution in [0.3, 0.4) is 0 Å². The molecule has 3 nitrogen and oxygen atoms in total. The van der Waals surface area contributed by atoms with E-state index >= 15 is 0 Å². The van der Waals surface area contributed by atoms with Crippen LogP contribution < -0.4 is 10.6 Å². The van der Waals surface area contributed by atoms with Crippen LogP contribution in [0.4, 0.5) is 5.69 Å². The lowest BCUT2D eigenvalue weighted by Gasteiger charge is -2.31. The van der Waals surface area contributed by atoms with E-state index in [-0.39, 0.29) is 6.61 Å². The van der Waals surface area contributed by atoms with E-state index in [0.717, 1.165) is 13.0 Å². The second-order valence-corrected chi connectivity index (χ2v) is 4.70. The minimum atomic E-state index is 0.229. The summed E-state index contributed by atoms with van der Waals surface area (Å²) >= 11 is 0. The predicted octanol–water partition coefficient (Wildman–Crippen LogP) is 2.05. The number of rotatable bonds is 6. The van der Waals surface area contributed by atoms with Gasteiger partial charge < -0.3 is 15.7 Å². The SMILES string of the molecule is Cc1ccc(CN)c(N(CCCO)C(C)C)c1. The van der Waals surface area contributed by atoms with E-state index < -0.39 is 0 Å². The lowest BCUT2D eigenvalue weighted by Crippen LogP contribution is -2.33. The molecule has 17 heavy (non-hydrogen) atoms. The van der Waals surface area contributed by atoms with Gasteiger partial charge in [-0.15, -0.1) is 0 Å². The Morgan fingerprint density at radius 1 is 1.35 bits per heavy atom. The van der Waals surface area contributed by atoms with Crippen LogP contribution in [-0.2, 0) is 6.54 Å². The first-order valence-electron chi connectivity index (χ1n) is 6.27. The van der Waals surface area contributed by atoms with Crippen molar-refractivity contribution in [2.75, 3.05) is 18.1 Å². The van der Waals surface area contributed by atoms with E-state index in [1.165, 1.54) is 16.8 Å². The Morgan fingerprint density at radius 3 is 2.59 bits per heavy atom. The zero-order chi connectivity index (χ0) is 12.8. The number of hydrogen-bond donors (Lipinski definition) is 2. The zero-order valence-electron chi connectivity index (χ0n) is 11.1. The summed E-state index contributed by atoms with van der Waals surface area (Å²) in [7, 11) is 0. The first-order valence-corrected chi connectivity index (χ1v) is 6.27. The number of anilines is 1. The molecule has 3 N–H and O–H groups in total. The summed E-state index contributed by atoms with van der Waals surface area (Å²) in [5.41, 5.74) is 9.41. The van der Waals surface area contributed by atoms with Crippen molar-refractivity contribution in [1.29, 1.82) is 0 Å². The molecule has 0 aromatic heterocycles. The van der Waals surface area contributed by atoms with E-state index in [0.29, 0.717) is 12.6 Å². The monoisotopic (exact) mass is 236 g/mol. The Hall–Kier alpha value is -1.06. The van der Waals surface area contributed by atoms with Gasteiger partial charge in [-0.05, 0) is 44.4 Å². The molecule has 3 heteroatoms.